The van der Waals surface area contributed by atoms with Crippen molar-refractivity contribution >= 4 is 15.8 Å². The normalized spacial score (nSPS) is 11.5. The average molecular weight is 331 g/mol. The van der Waals surface area contributed by atoms with Gasteiger partial charge in [0.15, 0.2) is 9.84 Å². The number of sulfone groups is 1. The smallest absolute Gasteiger partial charge is 0.354 e. The molecular formula is C13H8F3NO4S. The lowest BCUT2D eigenvalue weighted by atomic mass is 10.1. The van der Waals surface area contributed by atoms with Gasteiger partial charge in [-0.3, -0.25) is 0 Å². The van der Waals surface area contributed by atoms with Crippen LogP contribution in [0.4, 0.5) is 13.2 Å². The van der Waals surface area contributed by atoms with E-state index in [1.807, 2.05) is 0 Å². The van der Waals surface area contributed by atoms with Crippen molar-refractivity contribution in [3.05, 3.63) is 47.4 Å². The van der Waals surface area contributed by atoms with E-state index in [9.17, 15) is 26.4 Å². The first-order valence-corrected chi connectivity index (χ1v) is 7.59. The summed E-state index contributed by atoms with van der Waals surface area (Å²) in [6, 6.07) is 2.57. The highest BCUT2D eigenvalue weighted by molar-refractivity contribution is 7.90. The summed E-state index contributed by atoms with van der Waals surface area (Å²) in [5.74, 6) is -5.38. The van der Waals surface area contributed by atoms with Gasteiger partial charge in [-0.25, -0.2) is 31.4 Å². The van der Waals surface area contributed by atoms with Crippen molar-refractivity contribution in [2.45, 2.75) is 4.90 Å². The van der Waals surface area contributed by atoms with Gasteiger partial charge in [0, 0.05) is 6.26 Å². The number of hydrogen-bond acceptors (Lipinski definition) is 4. The summed E-state index contributed by atoms with van der Waals surface area (Å²) < 4.78 is 64.3. The van der Waals surface area contributed by atoms with Gasteiger partial charge in [0.25, 0.3) is 0 Å². The van der Waals surface area contributed by atoms with Crippen LogP contribution in [-0.2, 0) is 9.84 Å². The highest BCUT2D eigenvalue weighted by Gasteiger charge is 2.22. The number of benzene rings is 1. The fourth-order valence-corrected chi connectivity index (χ4v) is 2.36. The Morgan fingerprint density at radius 3 is 2.09 bits per heavy atom. The third-order valence-corrected chi connectivity index (χ3v) is 3.84. The molecule has 9 heteroatoms. The predicted molar refractivity (Wildman–Crippen MR) is 69.6 cm³/mol. The zero-order chi connectivity index (χ0) is 16.7. The lowest BCUT2D eigenvalue weighted by molar-refractivity contribution is 0.0690. The Morgan fingerprint density at radius 2 is 1.64 bits per heavy atom. The Bertz CT molecular complexity index is 858. The zero-order valence-electron chi connectivity index (χ0n) is 11.0. The van der Waals surface area contributed by atoms with Crippen molar-refractivity contribution in [2.75, 3.05) is 6.26 Å². The van der Waals surface area contributed by atoms with E-state index >= 15 is 0 Å². The molecule has 0 aliphatic carbocycles. The third-order valence-electron chi connectivity index (χ3n) is 2.75. The van der Waals surface area contributed by atoms with Crippen LogP contribution >= 0.6 is 0 Å². The first-order valence-electron chi connectivity index (χ1n) is 5.70. The van der Waals surface area contributed by atoms with E-state index in [-0.39, 0.29) is 0 Å². The number of aromatic nitrogens is 1. The summed E-state index contributed by atoms with van der Waals surface area (Å²) in [7, 11) is -3.87. The van der Waals surface area contributed by atoms with Gasteiger partial charge in [0.1, 0.15) is 28.8 Å². The van der Waals surface area contributed by atoms with E-state index in [1.165, 1.54) is 0 Å². The number of carboxylic acid groups (broad SMARTS) is 1. The second kappa shape index (κ2) is 5.41. The Labute approximate surface area is 123 Å². The van der Waals surface area contributed by atoms with Gasteiger partial charge in [-0.2, -0.15) is 0 Å². The summed E-state index contributed by atoms with van der Waals surface area (Å²) in [5.41, 5.74) is -2.40. The second-order valence-electron chi connectivity index (χ2n) is 4.37. The van der Waals surface area contributed by atoms with E-state index < -0.39 is 55.1 Å². The predicted octanol–water partition coefficient (Wildman–Crippen LogP) is 2.27. The molecule has 1 N–H and O–H groups in total. The quantitative estimate of drug-likeness (QED) is 0.933. The topological polar surface area (TPSA) is 84.3 Å². The van der Waals surface area contributed by atoms with Crippen molar-refractivity contribution in [1.82, 2.24) is 4.98 Å². The van der Waals surface area contributed by atoms with Crippen LogP contribution in [0.25, 0.3) is 11.3 Å². The van der Waals surface area contributed by atoms with Crippen molar-refractivity contribution in [3.63, 3.8) is 0 Å². The number of pyridine rings is 1. The lowest BCUT2D eigenvalue weighted by Crippen LogP contribution is -2.06. The van der Waals surface area contributed by atoms with Gasteiger partial charge < -0.3 is 5.11 Å². The molecule has 0 bridgehead atoms. The molecule has 2 rings (SSSR count). The van der Waals surface area contributed by atoms with E-state index in [1.54, 1.807) is 0 Å². The largest absolute Gasteiger partial charge is 0.477 e. The minimum Gasteiger partial charge on any atom is -0.477 e. The SMILES string of the molecule is CS(=O)(=O)c1cc(F)c(-c2nc(C(=O)O)ccc2F)c(F)c1. The van der Waals surface area contributed by atoms with Crippen LogP contribution in [0.3, 0.4) is 0 Å². The van der Waals surface area contributed by atoms with Crippen LogP contribution in [-0.4, -0.2) is 30.7 Å². The first-order chi connectivity index (χ1) is 10.1. The van der Waals surface area contributed by atoms with Crippen LogP contribution in [0.1, 0.15) is 10.5 Å². The fourth-order valence-electron chi connectivity index (χ4n) is 1.73. The average Bonchev–Trinajstić information content (AvgIpc) is 2.38. The molecule has 1 aromatic heterocycles. The zero-order valence-corrected chi connectivity index (χ0v) is 11.8. The number of aromatic carboxylic acids is 1. The maximum Gasteiger partial charge on any atom is 0.354 e. The molecule has 0 spiro atoms. The van der Waals surface area contributed by atoms with Crippen LogP contribution in [0, 0.1) is 17.5 Å². The Kier molecular flexibility index (Phi) is 3.92. The monoisotopic (exact) mass is 331 g/mol. The Balaban J connectivity index is 2.74. The highest BCUT2D eigenvalue weighted by atomic mass is 32.2. The van der Waals surface area contributed by atoms with Crippen molar-refractivity contribution < 1.29 is 31.5 Å². The molecule has 0 fully saturated rings. The van der Waals surface area contributed by atoms with Gasteiger partial charge in [0.05, 0.1) is 10.5 Å². The molecule has 0 unspecified atom stereocenters. The van der Waals surface area contributed by atoms with Crippen LogP contribution in [0.15, 0.2) is 29.2 Å². The number of carboxylic acids is 1. The number of halogens is 3. The van der Waals surface area contributed by atoms with Gasteiger partial charge >= 0.3 is 5.97 Å². The minimum atomic E-state index is -3.87. The summed E-state index contributed by atoms with van der Waals surface area (Å²) in [5, 5.41) is 8.78. The highest BCUT2D eigenvalue weighted by Crippen LogP contribution is 2.29. The van der Waals surface area contributed by atoms with E-state index in [0.29, 0.717) is 18.2 Å². The minimum absolute atomic E-state index is 0.516. The summed E-state index contributed by atoms with van der Waals surface area (Å²) in [4.78, 5) is 13.5. The maximum atomic E-state index is 14.0. The number of carbonyl (C=O) groups is 1. The standard InChI is InChI=1S/C13H8F3NO4S/c1-22(20,21)6-4-8(15)11(9(16)5-6)12-7(14)2-3-10(17-12)13(18)19/h2-5H,1H3,(H,18,19). The Hall–Kier alpha value is -2.42. The van der Waals surface area contributed by atoms with Gasteiger partial charge in [-0.15, -0.1) is 0 Å². The summed E-state index contributed by atoms with van der Waals surface area (Å²) >= 11 is 0. The molecule has 116 valence electrons. The lowest BCUT2D eigenvalue weighted by Gasteiger charge is -2.08. The Morgan fingerprint density at radius 1 is 1.09 bits per heavy atom. The molecule has 5 nitrogen and oxygen atoms in total. The van der Waals surface area contributed by atoms with Crippen molar-refractivity contribution in [3.8, 4) is 11.3 Å². The van der Waals surface area contributed by atoms with Crippen LogP contribution < -0.4 is 0 Å². The molecule has 0 aliphatic heterocycles. The van der Waals surface area contributed by atoms with Gasteiger partial charge in [0.2, 0.25) is 0 Å². The molecule has 2 aromatic rings. The van der Waals surface area contributed by atoms with E-state index in [0.717, 1.165) is 12.3 Å². The van der Waals surface area contributed by atoms with E-state index in [4.69, 9.17) is 5.11 Å². The number of rotatable bonds is 3. The van der Waals surface area contributed by atoms with E-state index in [2.05, 4.69) is 4.98 Å². The molecule has 1 heterocycles. The van der Waals surface area contributed by atoms with Gasteiger partial charge in [-0.1, -0.05) is 0 Å². The molecule has 0 saturated heterocycles. The van der Waals surface area contributed by atoms with Crippen molar-refractivity contribution in [2.24, 2.45) is 0 Å². The van der Waals surface area contributed by atoms with Crippen LogP contribution in [0.5, 0.6) is 0 Å². The summed E-state index contributed by atoms with van der Waals surface area (Å²) in [6.45, 7) is 0. The molecule has 0 radical (unpaired) electrons. The van der Waals surface area contributed by atoms with Crippen LogP contribution in [0.2, 0.25) is 0 Å². The molecule has 0 amide bonds. The molecular weight excluding hydrogens is 323 g/mol. The first kappa shape index (κ1) is 16.0. The molecule has 1 aromatic carbocycles. The number of nitrogens with zero attached hydrogens (tertiary/aromatic N) is 1. The second-order valence-corrected chi connectivity index (χ2v) is 6.38. The van der Waals surface area contributed by atoms with Gasteiger partial charge in [-0.05, 0) is 24.3 Å². The molecule has 0 atom stereocenters. The summed E-state index contributed by atoms with van der Waals surface area (Å²) in [6.07, 6.45) is 0.755. The molecule has 0 aliphatic rings. The fraction of sp³-hybridized carbons (Fsp3) is 0.0769. The molecule has 0 saturated carbocycles. The third kappa shape index (κ3) is 2.93. The molecule has 22 heavy (non-hydrogen) atoms. The van der Waals surface area contributed by atoms with Crippen molar-refractivity contribution in [1.29, 1.82) is 0 Å². The maximum absolute atomic E-state index is 14.0. The number of hydrogen-bond donors (Lipinski definition) is 1.